The van der Waals surface area contributed by atoms with Gasteiger partial charge in [0.2, 0.25) is 11.8 Å². The predicted molar refractivity (Wildman–Crippen MR) is 106 cm³/mol. The number of carbonyl (C=O) groups is 2. The molecule has 0 saturated heterocycles. The van der Waals surface area contributed by atoms with Crippen molar-refractivity contribution in [2.24, 2.45) is 0 Å². The van der Waals surface area contributed by atoms with Gasteiger partial charge in [-0.15, -0.1) is 0 Å². The summed E-state index contributed by atoms with van der Waals surface area (Å²) in [5.74, 6) is 1.17. The van der Waals surface area contributed by atoms with Gasteiger partial charge in [0, 0.05) is 32.6 Å². The van der Waals surface area contributed by atoms with Crippen LogP contribution in [0.5, 0.6) is 11.5 Å². The van der Waals surface area contributed by atoms with Crippen LogP contribution in [0.15, 0.2) is 42.6 Å². The molecule has 0 saturated carbocycles. The molecular weight excluding hydrogens is 358 g/mol. The molecular formula is C21H27N3O4. The molecule has 0 aliphatic heterocycles. The summed E-state index contributed by atoms with van der Waals surface area (Å²) in [6.07, 6.45) is 2.61. The third-order valence-corrected chi connectivity index (χ3v) is 4.32. The van der Waals surface area contributed by atoms with Crippen molar-refractivity contribution >= 4 is 11.8 Å². The highest BCUT2D eigenvalue weighted by Gasteiger charge is 2.12. The molecule has 2 amide bonds. The van der Waals surface area contributed by atoms with E-state index in [2.05, 4.69) is 10.3 Å². The van der Waals surface area contributed by atoms with Crippen LogP contribution < -0.4 is 14.8 Å². The molecule has 28 heavy (non-hydrogen) atoms. The second kappa shape index (κ2) is 10.9. The number of hydrogen-bond donors (Lipinski definition) is 1. The van der Waals surface area contributed by atoms with E-state index in [0.717, 1.165) is 11.3 Å². The Balaban J connectivity index is 1.77. The van der Waals surface area contributed by atoms with Crippen molar-refractivity contribution in [3.63, 3.8) is 0 Å². The SMILES string of the molecule is COc1ccc(CCNC(=O)CCN(Cc2ccccn2)C(C)=O)cc1OC. The van der Waals surface area contributed by atoms with Gasteiger partial charge in [0.15, 0.2) is 11.5 Å². The van der Waals surface area contributed by atoms with Crippen molar-refractivity contribution < 1.29 is 19.1 Å². The molecule has 2 aromatic rings. The van der Waals surface area contributed by atoms with Gasteiger partial charge in [0.1, 0.15) is 0 Å². The molecule has 0 aliphatic rings. The summed E-state index contributed by atoms with van der Waals surface area (Å²) in [5.41, 5.74) is 1.84. The Morgan fingerprint density at radius 2 is 1.89 bits per heavy atom. The van der Waals surface area contributed by atoms with Crippen LogP contribution in [0, 0.1) is 0 Å². The van der Waals surface area contributed by atoms with Gasteiger partial charge in [-0.3, -0.25) is 14.6 Å². The third kappa shape index (κ3) is 6.57. The molecule has 1 aromatic carbocycles. The molecule has 1 aromatic heterocycles. The average Bonchev–Trinajstić information content (AvgIpc) is 2.71. The van der Waals surface area contributed by atoms with E-state index in [9.17, 15) is 9.59 Å². The van der Waals surface area contributed by atoms with Crippen LogP contribution in [0.2, 0.25) is 0 Å². The molecule has 0 atom stereocenters. The summed E-state index contributed by atoms with van der Waals surface area (Å²) in [6, 6.07) is 11.2. The molecule has 0 fully saturated rings. The number of amides is 2. The van der Waals surface area contributed by atoms with Crippen molar-refractivity contribution in [1.82, 2.24) is 15.2 Å². The zero-order chi connectivity index (χ0) is 20.4. The number of aromatic nitrogens is 1. The minimum Gasteiger partial charge on any atom is -0.493 e. The molecule has 0 aliphatic carbocycles. The summed E-state index contributed by atoms with van der Waals surface area (Å²) < 4.78 is 10.5. The number of nitrogens with one attached hydrogen (secondary N) is 1. The van der Waals surface area contributed by atoms with Gasteiger partial charge in [-0.25, -0.2) is 0 Å². The first-order valence-corrected chi connectivity index (χ1v) is 9.16. The largest absolute Gasteiger partial charge is 0.493 e. The third-order valence-electron chi connectivity index (χ3n) is 4.32. The quantitative estimate of drug-likeness (QED) is 0.678. The first-order valence-electron chi connectivity index (χ1n) is 9.16. The molecule has 0 unspecified atom stereocenters. The van der Waals surface area contributed by atoms with Crippen LogP contribution in [-0.4, -0.2) is 49.0 Å². The van der Waals surface area contributed by atoms with Crippen LogP contribution in [0.1, 0.15) is 24.6 Å². The van der Waals surface area contributed by atoms with Gasteiger partial charge in [-0.05, 0) is 36.2 Å². The first kappa shape index (κ1) is 21.2. The van der Waals surface area contributed by atoms with Crippen molar-refractivity contribution in [2.75, 3.05) is 27.3 Å². The summed E-state index contributed by atoms with van der Waals surface area (Å²) in [4.78, 5) is 29.8. The van der Waals surface area contributed by atoms with Crippen LogP contribution >= 0.6 is 0 Å². The molecule has 0 bridgehead atoms. The molecule has 1 heterocycles. The Hall–Kier alpha value is -3.09. The van der Waals surface area contributed by atoms with Gasteiger partial charge in [0.25, 0.3) is 0 Å². The van der Waals surface area contributed by atoms with Gasteiger partial charge in [0.05, 0.1) is 26.5 Å². The average molecular weight is 385 g/mol. The summed E-state index contributed by atoms with van der Waals surface area (Å²) in [6.45, 7) is 2.76. The number of benzene rings is 1. The standard InChI is InChI=1S/C21H27N3O4/c1-16(25)24(15-18-6-4-5-11-22-18)13-10-21(26)23-12-9-17-7-8-19(27-2)20(14-17)28-3/h4-8,11,14H,9-10,12-13,15H2,1-3H3,(H,23,26). The number of pyridine rings is 1. The van der Waals surface area contributed by atoms with Crippen molar-refractivity contribution in [2.45, 2.75) is 26.3 Å². The van der Waals surface area contributed by atoms with E-state index < -0.39 is 0 Å². The summed E-state index contributed by atoms with van der Waals surface area (Å²) in [5, 5.41) is 2.89. The lowest BCUT2D eigenvalue weighted by atomic mass is 10.1. The zero-order valence-corrected chi connectivity index (χ0v) is 16.6. The topological polar surface area (TPSA) is 80.8 Å². The van der Waals surface area contributed by atoms with E-state index in [1.165, 1.54) is 6.92 Å². The number of nitrogens with zero attached hydrogens (tertiary/aromatic N) is 2. The Morgan fingerprint density at radius 3 is 2.54 bits per heavy atom. The van der Waals surface area contributed by atoms with E-state index in [1.54, 1.807) is 25.3 Å². The minimum absolute atomic E-state index is 0.0798. The fourth-order valence-corrected chi connectivity index (χ4v) is 2.74. The monoisotopic (exact) mass is 385 g/mol. The van der Waals surface area contributed by atoms with Crippen LogP contribution in [-0.2, 0) is 22.6 Å². The molecule has 150 valence electrons. The minimum atomic E-state index is -0.0900. The summed E-state index contributed by atoms with van der Waals surface area (Å²) in [7, 11) is 3.19. The van der Waals surface area contributed by atoms with Gasteiger partial charge in [-0.1, -0.05) is 12.1 Å². The van der Waals surface area contributed by atoms with Crippen molar-refractivity contribution in [3.05, 3.63) is 53.9 Å². The van der Waals surface area contributed by atoms with Crippen molar-refractivity contribution in [3.8, 4) is 11.5 Å². The molecule has 2 rings (SSSR count). The molecule has 0 spiro atoms. The van der Waals surface area contributed by atoms with E-state index in [-0.39, 0.29) is 18.2 Å². The Kier molecular flexibility index (Phi) is 8.27. The normalized spacial score (nSPS) is 10.2. The number of methoxy groups -OCH3 is 2. The predicted octanol–water partition coefficient (Wildman–Crippen LogP) is 2.20. The first-order chi connectivity index (χ1) is 13.5. The maximum atomic E-state index is 12.1. The number of ether oxygens (including phenoxy) is 2. The van der Waals surface area contributed by atoms with E-state index in [4.69, 9.17) is 9.47 Å². The molecule has 7 nitrogen and oxygen atoms in total. The second-order valence-corrected chi connectivity index (χ2v) is 6.30. The van der Waals surface area contributed by atoms with Crippen LogP contribution in [0.25, 0.3) is 0 Å². The fourth-order valence-electron chi connectivity index (χ4n) is 2.74. The lowest BCUT2D eigenvalue weighted by Gasteiger charge is -2.20. The van der Waals surface area contributed by atoms with Gasteiger partial charge in [-0.2, -0.15) is 0 Å². The van der Waals surface area contributed by atoms with Crippen LogP contribution in [0.4, 0.5) is 0 Å². The highest BCUT2D eigenvalue weighted by Crippen LogP contribution is 2.27. The Labute approximate surface area is 165 Å². The Bertz CT molecular complexity index is 780. The second-order valence-electron chi connectivity index (χ2n) is 6.30. The van der Waals surface area contributed by atoms with Crippen LogP contribution in [0.3, 0.4) is 0 Å². The maximum Gasteiger partial charge on any atom is 0.221 e. The van der Waals surface area contributed by atoms with E-state index >= 15 is 0 Å². The lowest BCUT2D eigenvalue weighted by molar-refractivity contribution is -0.130. The molecule has 1 N–H and O–H groups in total. The van der Waals surface area contributed by atoms with Gasteiger partial charge >= 0.3 is 0 Å². The molecule has 0 radical (unpaired) electrons. The smallest absolute Gasteiger partial charge is 0.221 e. The molecule has 7 heteroatoms. The highest BCUT2D eigenvalue weighted by molar-refractivity contribution is 5.78. The number of rotatable bonds is 10. The number of hydrogen-bond acceptors (Lipinski definition) is 5. The van der Waals surface area contributed by atoms with Gasteiger partial charge < -0.3 is 19.7 Å². The zero-order valence-electron chi connectivity index (χ0n) is 16.6. The Morgan fingerprint density at radius 1 is 1.11 bits per heavy atom. The van der Waals surface area contributed by atoms with Crippen molar-refractivity contribution in [1.29, 1.82) is 0 Å². The van der Waals surface area contributed by atoms with E-state index in [0.29, 0.717) is 37.6 Å². The fraction of sp³-hybridized carbons (Fsp3) is 0.381. The maximum absolute atomic E-state index is 12.1. The highest BCUT2D eigenvalue weighted by atomic mass is 16.5. The lowest BCUT2D eigenvalue weighted by Crippen LogP contribution is -2.34. The number of carbonyl (C=O) groups excluding carboxylic acids is 2. The van der Waals surface area contributed by atoms with E-state index in [1.807, 2.05) is 36.4 Å². The summed E-state index contributed by atoms with van der Waals surface area (Å²) >= 11 is 0.